The van der Waals surface area contributed by atoms with Crippen molar-refractivity contribution in [2.75, 3.05) is 7.11 Å². The first-order chi connectivity index (χ1) is 11.4. The van der Waals surface area contributed by atoms with Crippen LogP contribution in [-0.2, 0) is 4.79 Å². The Hall–Kier alpha value is -3.02. The number of furan rings is 1. The van der Waals surface area contributed by atoms with Crippen molar-refractivity contribution in [1.82, 2.24) is 0 Å². The van der Waals surface area contributed by atoms with E-state index >= 15 is 0 Å². The van der Waals surface area contributed by atoms with Crippen LogP contribution >= 0.6 is 0 Å². The minimum Gasteiger partial charge on any atom is -0.497 e. The number of methoxy groups -OCH3 is 1. The molecule has 0 aliphatic heterocycles. The van der Waals surface area contributed by atoms with E-state index < -0.39 is 11.6 Å². The van der Waals surface area contributed by atoms with E-state index in [1.54, 1.807) is 33.1 Å². The molecule has 3 aromatic rings. The third-order valence-corrected chi connectivity index (χ3v) is 3.72. The van der Waals surface area contributed by atoms with Crippen LogP contribution in [0.5, 0.6) is 11.5 Å². The van der Waals surface area contributed by atoms with Crippen LogP contribution in [0.2, 0.25) is 0 Å². The zero-order valence-corrected chi connectivity index (χ0v) is 13.8. The lowest BCUT2D eigenvalue weighted by molar-refractivity contribution is -0.132. The average molecular weight is 328 g/mol. The third kappa shape index (κ3) is 2.67. The van der Waals surface area contributed by atoms with E-state index in [0.717, 1.165) is 5.39 Å². The molecule has 0 bridgehead atoms. The summed E-state index contributed by atoms with van der Waals surface area (Å²) in [6.45, 7) is 4.53. The highest BCUT2D eigenvalue weighted by Crippen LogP contribution is 2.35. The van der Waals surface area contributed by atoms with Crippen molar-refractivity contribution in [3.63, 3.8) is 0 Å². The molecule has 0 saturated heterocycles. The minimum atomic E-state index is -0.579. The topological polar surface area (TPSA) is 78.9 Å². The molecule has 0 radical (unpaired) electrons. The van der Waals surface area contributed by atoms with Crippen LogP contribution in [-0.4, -0.2) is 13.1 Å². The zero-order valence-electron chi connectivity index (χ0n) is 13.8. The number of esters is 1. The second-order valence-electron chi connectivity index (χ2n) is 5.41. The van der Waals surface area contributed by atoms with Crippen molar-refractivity contribution in [3.8, 4) is 23.0 Å². The lowest BCUT2D eigenvalue weighted by atomic mass is 10.1. The summed E-state index contributed by atoms with van der Waals surface area (Å²) in [5.74, 6) is 0.961. The Balaban J connectivity index is 2.20. The fourth-order valence-electron chi connectivity index (χ4n) is 2.51. The van der Waals surface area contributed by atoms with Crippen molar-refractivity contribution < 1.29 is 23.1 Å². The van der Waals surface area contributed by atoms with Gasteiger partial charge in [-0.2, -0.15) is 0 Å². The second kappa shape index (κ2) is 5.88. The first-order valence-electron chi connectivity index (χ1n) is 7.31. The van der Waals surface area contributed by atoms with E-state index in [2.05, 4.69) is 0 Å². The van der Waals surface area contributed by atoms with E-state index in [4.69, 9.17) is 18.3 Å². The van der Waals surface area contributed by atoms with Crippen molar-refractivity contribution in [1.29, 1.82) is 0 Å². The fourth-order valence-corrected chi connectivity index (χ4v) is 2.51. The van der Waals surface area contributed by atoms with Crippen molar-refractivity contribution in [2.24, 2.45) is 0 Å². The number of hydrogen-bond donors (Lipinski definition) is 0. The molecule has 24 heavy (non-hydrogen) atoms. The lowest BCUT2D eigenvalue weighted by Gasteiger charge is -2.10. The summed E-state index contributed by atoms with van der Waals surface area (Å²) in [6.07, 6.45) is 0. The lowest BCUT2D eigenvalue weighted by Crippen LogP contribution is -2.12. The Morgan fingerprint density at radius 3 is 2.50 bits per heavy atom. The van der Waals surface area contributed by atoms with E-state index in [9.17, 15) is 9.59 Å². The summed E-state index contributed by atoms with van der Waals surface area (Å²) in [5, 5.41) is 0.836. The first-order valence-corrected chi connectivity index (χ1v) is 7.31. The van der Waals surface area contributed by atoms with Crippen LogP contribution in [0, 0.1) is 13.8 Å². The van der Waals surface area contributed by atoms with Crippen LogP contribution in [0.4, 0.5) is 0 Å². The largest absolute Gasteiger partial charge is 0.497 e. The highest BCUT2D eigenvalue weighted by atomic mass is 16.5. The monoisotopic (exact) mass is 328 g/mol. The SMILES string of the molecule is COc1ccc2cc(-c3oc(=O)c(C)c(OC(C)=O)c3C)oc2c1. The Labute approximate surface area is 137 Å². The molecular weight excluding hydrogens is 312 g/mol. The highest BCUT2D eigenvalue weighted by Gasteiger charge is 2.20. The predicted molar refractivity (Wildman–Crippen MR) is 87.5 cm³/mol. The molecule has 0 saturated carbocycles. The number of carbonyl (C=O) groups excluding carboxylic acids is 1. The van der Waals surface area contributed by atoms with Crippen LogP contribution in [0.15, 0.2) is 37.9 Å². The smallest absolute Gasteiger partial charge is 0.343 e. The van der Waals surface area contributed by atoms with Crippen molar-refractivity contribution in [3.05, 3.63) is 45.8 Å². The molecule has 0 aliphatic carbocycles. The standard InChI is InChI=1S/C18H16O6/c1-9-16(22-11(3)19)10(2)18(20)24-17(9)15-7-12-5-6-13(21-4)8-14(12)23-15/h5-8H,1-4H3. The third-order valence-electron chi connectivity index (χ3n) is 3.72. The summed E-state index contributed by atoms with van der Waals surface area (Å²) in [5.41, 5.74) is 0.781. The Bertz CT molecular complexity index is 993. The molecule has 2 heterocycles. The molecule has 6 heteroatoms. The Morgan fingerprint density at radius 2 is 1.83 bits per heavy atom. The van der Waals surface area contributed by atoms with Gasteiger partial charge in [0.15, 0.2) is 11.5 Å². The van der Waals surface area contributed by atoms with E-state index in [-0.39, 0.29) is 17.1 Å². The molecule has 3 rings (SSSR count). The number of rotatable bonds is 3. The first kappa shape index (κ1) is 15.9. The van der Waals surface area contributed by atoms with Gasteiger partial charge < -0.3 is 18.3 Å². The van der Waals surface area contributed by atoms with E-state index in [1.165, 1.54) is 6.92 Å². The summed E-state index contributed by atoms with van der Waals surface area (Å²) < 4.78 is 21.5. The van der Waals surface area contributed by atoms with Crippen LogP contribution in [0.3, 0.4) is 0 Å². The molecule has 0 amide bonds. The maximum absolute atomic E-state index is 12.1. The predicted octanol–water partition coefficient (Wildman–Crippen LogP) is 3.60. The molecule has 124 valence electrons. The van der Waals surface area contributed by atoms with Gasteiger partial charge in [0, 0.05) is 23.9 Å². The molecule has 0 atom stereocenters. The summed E-state index contributed by atoms with van der Waals surface area (Å²) in [6, 6.07) is 7.15. The Morgan fingerprint density at radius 1 is 1.08 bits per heavy atom. The van der Waals surface area contributed by atoms with Gasteiger partial charge in [0.2, 0.25) is 0 Å². The van der Waals surface area contributed by atoms with Crippen molar-refractivity contribution >= 4 is 16.9 Å². The fraction of sp³-hybridized carbons (Fsp3) is 0.222. The molecule has 0 spiro atoms. The number of benzene rings is 1. The molecule has 6 nitrogen and oxygen atoms in total. The van der Waals surface area contributed by atoms with Crippen LogP contribution in [0.25, 0.3) is 22.5 Å². The normalized spacial score (nSPS) is 10.8. The van der Waals surface area contributed by atoms with Crippen LogP contribution in [0.1, 0.15) is 18.1 Å². The second-order valence-corrected chi connectivity index (χ2v) is 5.41. The van der Waals surface area contributed by atoms with Crippen LogP contribution < -0.4 is 15.1 Å². The van der Waals surface area contributed by atoms with Gasteiger partial charge in [-0.15, -0.1) is 0 Å². The summed E-state index contributed by atoms with van der Waals surface area (Å²) in [7, 11) is 1.57. The number of ether oxygens (including phenoxy) is 2. The zero-order chi connectivity index (χ0) is 17.4. The van der Waals surface area contributed by atoms with Gasteiger partial charge in [-0.05, 0) is 32.0 Å². The molecule has 0 unspecified atom stereocenters. The minimum absolute atomic E-state index is 0.201. The Kier molecular flexibility index (Phi) is 3.89. The number of carbonyl (C=O) groups is 1. The van der Waals surface area contributed by atoms with Gasteiger partial charge in [-0.25, -0.2) is 4.79 Å². The molecule has 0 fully saturated rings. The number of fused-ring (bicyclic) bond motifs is 1. The molecule has 0 aliphatic rings. The molecule has 2 aromatic heterocycles. The van der Waals surface area contributed by atoms with E-state index in [0.29, 0.717) is 22.7 Å². The van der Waals surface area contributed by atoms with Gasteiger partial charge >= 0.3 is 11.6 Å². The van der Waals surface area contributed by atoms with Gasteiger partial charge in [0.25, 0.3) is 0 Å². The number of hydrogen-bond acceptors (Lipinski definition) is 6. The van der Waals surface area contributed by atoms with Gasteiger partial charge in [0.1, 0.15) is 17.1 Å². The van der Waals surface area contributed by atoms with Gasteiger partial charge in [-0.1, -0.05) is 0 Å². The van der Waals surface area contributed by atoms with Crippen molar-refractivity contribution in [2.45, 2.75) is 20.8 Å². The molecular formula is C18H16O6. The quantitative estimate of drug-likeness (QED) is 0.684. The van der Waals surface area contributed by atoms with E-state index in [1.807, 2.05) is 12.1 Å². The highest BCUT2D eigenvalue weighted by molar-refractivity contribution is 5.84. The maximum Gasteiger partial charge on any atom is 0.343 e. The molecule has 0 N–H and O–H groups in total. The van der Waals surface area contributed by atoms with Gasteiger partial charge in [-0.3, -0.25) is 4.79 Å². The summed E-state index contributed by atoms with van der Waals surface area (Å²) >= 11 is 0. The molecule has 1 aromatic carbocycles. The van der Waals surface area contributed by atoms with Gasteiger partial charge in [0.05, 0.1) is 12.7 Å². The average Bonchev–Trinajstić information content (AvgIpc) is 2.97. The maximum atomic E-state index is 12.1. The summed E-state index contributed by atoms with van der Waals surface area (Å²) in [4.78, 5) is 23.4.